The van der Waals surface area contributed by atoms with Crippen LogP contribution in [0.3, 0.4) is 0 Å². The molecule has 6 nitrogen and oxygen atoms in total. The van der Waals surface area contributed by atoms with Crippen LogP contribution >= 0.6 is 0 Å². The van der Waals surface area contributed by atoms with Crippen molar-refractivity contribution in [2.45, 2.75) is 38.2 Å². The summed E-state index contributed by atoms with van der Waals surface area (Å²) in [6.45, 7) is 5.92. The first-order valence-corrected chi connectivity index (χ1v) is 8.17. The van der Waals surface area contributed by atoms with Crippen LogP contribution in [-0.4, -0.2) is 36.2 Å². The van der Waals surface area contributed by atoms with Crippen molar-refractivity contribution in [1.29, 1.82) is 0 Å². The molecule has 1 amide bonds. The third-order valence-electron chi connectivity index (χ3n) is 4.97. The van der Waals surface area contributed by atoms with E-state index in [1.165, 1.54) is 0 Å². The summed E-state index contributed by atoms with van der Waals surface area (Å²) in [5, 5.41) is 3.38. The summed E-state index contributed by atoms with van der Waals surface area (Å²) in [4.78, 5) is 21.9. The number of amides is 1. The molecular weight excluding hydrogens is 292 g/mol. The van der Waals surface area contributed by atoms with Crippen molar-refractivity contribution in [2.24, 2.45) is 0 Å². The number of aromatic amines is 1. The predicted octanol–water partition coefficient (Wildman–Crippen LogP) is 2.85. The SMILES string of the molecule is CN1C(=O)OC(C)(C)c2cc3[nH]c(C4CCNCC4)nc3cc21. The van der Waals surface area contributed by atoms with E-state index in [4.69, 9.17) is 9.72 Å². The molecule has 0 bridgehead atoms. The van der Waals surface area contributed by atoms with Gasteiger partial charge in [0.15, 0.2) is 0 Å². The number of H-pyrrole nitrogens is 1. The number of anilines is 1. The number of nitrogens with one attached hydrogen (secondary N) is 2. The van der Waals surface area contributed by atoms with Crippen molar-refractivity contribution in [3.05, 3.63) is 23.5 Å². The summed E-state index contributed by atoms with van der Waals surface area (Å²) in [5.74, 6) is 1.53. The summed E-state index contributed by atoms with van der Waals surface area (Å²) in [6, 6.07) is 4.07. The van der Waals surface area contributed by atoms with Gasteiger partial charge in [0.1, 0.15) is 11.4 Å². The van der Waals surface area contributed by atoms with Gasteiger partial charge >= 0.3 is 6.09 Å². The number of carbonyl (C=O) groups is 1. The molecule has 3 heterocycles. The van der Waals surface area contributed by atoms with Crippen LogP contribution in [0, 0.1) is 0 Å². The van der Waals surface area contributed by atoms with E-state index in [0.29, 0.717) is 5.92 Å². The average Bonchev–Trinajstić information content (AvgIpc) is 2.95. The van der Waals surface area contributed by atoms with Gasteiger partial charge in [-0.1, -0.05) is 0 Å². The summed E-state index contributed by atoms with van der Waals surface area (Å²) in [5.41, 5.74) is 3.17. The fraction of sp³-hybridized carbons (Fsp3) is 0.529. The number of imidazole rings is 1. The van der Waals surface area contributed by atoms with Gasteiger partial charge in [0.25, 0.3) is 0 Å². The fourth-order valence-electron chi connectivity index (χ4n) is 3.55. The zero-order chi connectivity index (χ0) is 16.2. The van der Waals surface area contributed by atoms with Gasteiger partial charge in [0.2, 0.25) is 0 Å². The second kappa shape index (κ2) is 4.96. The maximum Gasteiger partial charge on any atom is 0.414 e. The number of nitrogens with zero attached hydrogens (tertiary/aromatic N) is 2. The molecule has 6 heteroatoms. The number of piperidine rings is 1. The Balaban J connectivity index is 1.82. The summed E-state index contributed by atoms with van der Waals surface area (Å²) in [6.07, 6.45) is 1.88. The minimum absolute atomic E-state index is 0.323. The molecule has 0 spiro atoms. The lowest BCUT2D eigenvalue weighted by molar-refractivity contribution is 0.0363. The summed E-state index contributed by atoms with van der Waals surface area (Å²) >= 11 is 0. The van der Waals surface area contributed by atoms with E-state index in [9.17, 15) is 4.79 Å². The van der Waals surface area contributed by atoms with Gasteiger partial charge in [-0.15, -0.1) is 0 Å². The van der Waals surface area contributed by atoms with Crippen molar-refractivity contribution in [1.82, 2.24) is 15.3 Å². The Kier molecular flexibility index (Phi) is 3.13. The van der Waals surface area contributed by atoms with Gasteiger partial charge in [-0.2, -0.15) is 0 Å². The summed E-state index contributed by atoms with van der Waals surface area (Å²) < 4.78 is 5.53. The van der Waals surface area contributed by atoms with Crippen LogP contribution in [0.5, 0.6) is 0 Å². The Bertz CT molecular complexity index is 774. The zero-order valence-corrected chi connectivity index (χ0v) is 13.8. The number of carbonyl (C=O) groups excluding carboxylic acids is 1. The van der Waals surface area contributed by atoms with E-state index in [-0.39, 0.29) is 6.09 Å². The number of fused-ring (bicyclic) bond motifs is 2. The first kappa shape index (κ1) is 14.5. The zero-order valence-electron chi connectivity index (χ0n) is 13.8. The third-order valence-corrected chi connectivity index (χ3v) is 4.97. The quantitative estimate of drug-likeness (QED) is 0.849. The van der Waals surface area contributed by atoms with Crippen molar-refractivity contribution >= 4 is 22.8 Å². The van der Waals surface area contributed by atoms with Crippen molar-refractivity contribution in [3.63, 3.8) is 0 Å². The number of rotatable bonds is 1. The van der Waals surface area contributed by atoms with Crippen LogP contribution in [0.25, 0.3) is 11.0 Å². The van der Waals surface area contributed by atoms with Gasteiger partial charge < -0.3 is 15.0 Å². The third kappa shape index (κ3) is 2.28. The molecule has 2 aliphatic heterocycles. The Hall–Kier alpha value is -2.08. The number of hydrogen-bond acceptors (Lipinski definition) is 4. The Morgan fingerprint density at radius 3 is 2.78 bits per heavy atom. The maximum absolute atomic E-state index is 12.0. The lowest BCUT2D eigenvalue weighted by Gasteiger charge is -2.36. The van der Waals surface area contributed by atoms with Crippen LogP contribution in [-0.2, 0) is 10.3 Å². The molecule has 0 aliphatic carbocycles. The molecule has 4 rings (SSSR count). The first-order chi connectivity index (χ1) is 11.0. The predicted molar refractivity (Wildman–Crippen MR) is 88.8 cm³/mol. The molecule has 0 unspecified atom stereocenters. The molecule has 2 aromatic rings. The molecule has 0 radical (unpaired) electrons. The highest BCUT2D eigenvalue weighted by Gasteiger charge is 2.37. The van der Waals surface area contributed by atoms with Gasteiger partial charge in [-0.05, 0) is 51.9 Å². The van der Waals surface area contributed by atoms with Crippen LogP contribution in [0.4, 0.5) is 10.5 Å². The molecule has 1 saturated heterocycles. The number of ether oxygens (including phenoxy) is 1. The highest BCUT2D eigenvalue weighted by molar-refractivity contribution is 5.94. The first-order valence-electron chi connectivity index (χ1n) is 8.17. The summed E-state index contributed by atoms with van der Waals surface area (Å²) in [7, 11) is 1.74. The number of hydrogen-bond donors (Lipinski definition) is 2. The van der Waals surface area contributed by atoms with Crippen LogP contribution in [0.2, 0.25) is 0 Å². The molecule has 0 atom stereocenters. The van der Waals surface area contributed by atoms with E-state index in [1.54, 1.807) is 11.9 Å². The number of aromatic nitrogens is 2. The van der Waals surface area contributed by atoms with E-state index >= 15 is 0 Å². The second-order valence-corrected chi connectivity index (χ2v) is 6.97. The van der Waals surface area contributed by atoms with E-state index in [2.05, 4.69) is 16.4 Å². The average molecular weight is 314 g/mol. The van der Waals surface area contributed by atoms with Gasteiger partial charge in [-0.3, -0.25) is 4.90 Å². The van der Waals surface area contributed by atoms with Crippen molar-refractivity contribution < 1.29 is 9.53 Å². The van der Waals surface area contributed by atoms with Gasteiger partial charge in [-0.25, -0.2) is 9.78 Å². The highest BCUT2D eigenvalue weighted by atomic mass is 16.6. The van der Waals surface area contributed by atoms with E-state index in [0.717, 1.165) is 54.0 Å². The molecule has 23 heavy (non-hydrogen) atoms. The van der Waals surface area contributed by atoms with E-state index < -0.39 is 5.60 Å². The standard InChI is InChI=1S/C17H22N4O2/c1-17(2)11-8-12-13(9-14(11)21(3)16(22)23-17)20-15(19-12)10-4-6-18-7-5-10/h8-10,18H,4-7H2,1-3H3,(H,19,20). The smallest absolute Gasteiger partial charge is 0.414 e. The Morgan fingerprint density at radius 2 is 2.04 bits per heavy atom. The minimum atomic E-state index is -0.632. The maximum atomic E-state index is 12.0. The van der Waals surface area contributed by atoms with Gasteiger partial charge in [0, 0.05) is 18.5 Å². The molecular formula is C17H22N4O2. The lowest BCUT2D eigenvalue weighted by Crippen LogP contribution is -2.41. The molecule has 2 N–H and O–H groups in total. The monoisotopic (exact) mass is 314 g/mol. The fourth-order valence-corrected chi connectivity index (χ4v) is 3.55. The Labute approximate surface area is 135 Å². The largest absolute Gasteiger partial charge is 0.438 e. The molecule has 1 aromatic carbocycles. The Morgan fingerprint density at radius 1 is 1.30 bits per heavy atom. The van der Waals surface area contributed by atoms with E-state index in [1.807, 2.05) is 19.9 Å². The normalized spacial score (nSPS) is 21.3. The van der Waals surface area contributed by atoms with Gasteiger partial charge in [0.05, 0.1) is 16.7 Å². The number of benzene rings is 1. The van der Waals surface area contributed by atoms with Crippen molar-refractivity contribution in [2.75, 3.05) is 25.0 Å². The highest BCUT2D eigenvalue weighted by Crippen LogP contribution is 2.40. The molecule has 122 valence electrons. The second-order valence-electron chi connectivity index (χ2n) is 6.97. The van der Waals surface area contributed by atoms with Crippen molar-refractivity contribution in [3.8, 4) is 0 Å². The number of cyclic esters (lactones) is 1. The molecule has 2 aliphatic rings. The van der Waals surface area contributed by atoms with Crippen LogP contribution in [0.1, 0.15) is 44.0 Å². The lowest BCUT2D eigenvalue weighted by atomic mass is 9.94. The molecule has 1 aromatic heterocycles. The molecule has 1 fully saturated rings. The molecule has 0 saturated carbocycles. The van der Waals surface area contributed by atoms with Crippen LogP contribution < -0.4 is 10.2 Å². The minimum Gasteiger partial charge on any atom is -0.438 e. The van der Waals surface area contributed by atoms with Crippen LogP contribution in [0.15, 0.2) is 12.1 Å². The topological polar surface area (TPSA) is 70.2 Å².